The zero-order chi connectivity index (χ0) is 12.3. The van der Waals surface area contributed by atoms with E-state index in [9.17, 15) is 9.18 Å². The molecule has 0 radical (unpaired) electrons. The van der Waals surface area contributed by atoms with Crippen LogP contribution in [0.3, 0.4) is 0 Å². The van der Waals surface area contributed by atoms with E-state index in [2.05, 4.69) is 0 Å². The summed E-state index contributed by atoms with van der Waals surface area (Å²) in [7, 11) is 0. The maximum atomic E-state index is 12.6. The Hall–Kier alpha value is -1.58. The van der Waals surface area contributed by atoms with E-state index in [1.54, 1.807) is 19.1 Å². The van der Waals surface area contributed by atoms with Gasteiger partial charge in [-0.05, 0) is 37.6 Å². The molecule has 0 unspecified atom stereocenters. The van der Waals surface area contributed by atoms with Gasteiger partial charge in [-0.3, -0.25) is 4.79 Å². The molecule has 1 aliphatic rings. The molecule has 3 nitrogen and oxygen atoms in total. The number of carbonyl (C=O) groups excluding carboxylic acids is 1. The molecule has 0 saturated heterocycles. The van der Waals surface area contributed by atoms with E-state index in [0.29, 0.717) is 19.0 Å². The lowest BCUT2D eigenvalue weighted by atomic mass is 10.3. The van der Waals surface area contributed by atoms with E-state index in [1.807, 2.05) is 0 Å². The number of ether oxygens (including phenoxy) is 2. The summed E-state index contributed by atoms with van der Waals surface area (Å²) in [5, 5.41) is 0. The van der Waals surface area contributed by atoms with Crippen molar-refractivity contribution in [3.63, 3.8) is 0 Å². The van der Waals surface area contributed by atoms with Crippen molar-refractivity contribution in [3.05, 3.63) is 30.1 Å². The maximum Gasteiger partial charge on any atom is 0.309 e. The van der Waals surface area contributed by atoms with Crippen LogP contribution >= 0.6 is 0 Å². The maximum absolute atomic E-state index is 12.6. The van der Waals surface area contributed by atoms with Crippen molar-refractivity contribution in [2.24, 2.45) is 11.8 Å². The van der Waals surface area contributed by atoms with Gasteiger partial charge in [0.05, 0.1) is 19.1 Å². The van der Waals surface area contributed by atoms with E-state index >= 15 is 0 Å². The summed E-state index contributed by atoms with van der Waals surface area (Å²) < 4.78 is 23.0. The molecule has 0 aliphatic heterocycles. The zero-order valence-corrected chi connectivity index (χ0v) is 9.69. The highest BCUT2D eigenvalue weighted by molar-refractivity contribution is 5.75. The van der Waals surface area contributed by atoms with Gasteiger partial charge in [0.15, 0.2) is 0 Å². The van der Waals surface area contributed by atoms with Crippen LogP contribution in [0.15, 0.2) is 24.3 Å². The van der Waals surface area contributed by atoms with Gasteiger partial charge in [-0.25, -0.2) is 4.39 Å². The normalized spacial score (nSPS) is 22.0. The van der Waals surface area contributed by atoms with Crippen molar-refractivity contribution in [1.82, 2.24) is 0 Å². The molecule has 0 bridgehead atoms. The van der Waals surface area contributed by atoms with Gasteiger partial charge >= 0.3 is 5.97 Å². The molecule has 17 heavy (non-hydrogen) atoms. The molecular formula is C13H15FO3. The Bertz CT molecular complexity index is 388. The highest BCUT2D eigenvalue weighted by Crippen LogP contribution is 2.39. The Kier molecular flexibility index (Phi) is 3.61. The van der Waals surface area contributed by atoms with Gasteiger partial charge in [-0.2, -0.15) is 0 Å². The van der Waals surface area contributed by atoms with Crippen LogP contribution < -0.4 is 4.74 Å². The first-order valence-corrected chi connectivity index (χ1v) is 5.75. The van der Waals surface area contributed by atoms with Gasteiger partial charge < -0.3 is 9.47 Å². The Morgan fingerprint density at radius 1 is 1.41 bits per heavy atom. The summed E-state index contributed by atoms with van der Waals surface area (Å²) >= 11 is 0. The fraction of sp³-hybridized carbons (Fsp3) is 0.462. The zero-order valence-electron chi connectivity index (χ0n) is 9.69. The highest BCUT2D eigenvalue weighted by Gasteiger charge is 2.44. The minimum absolute atomic E-state index is 0.0181. The number of halogens is 1. The smallest absolute Gasteiger partial charge is 0.309 e. The van der Waals surface area contributed by atoms with Crippen LogP contribution in [0, 0.1) is 17.7 Å². The molecule has 0 aromatic heterocycles. The van der Waals surface area contributed by atoms with Crippen molar-refractivity contribution in [1.29, 1.82) is 0 Å². The Morgan fingerprint density at radius 2 is 2.12 bits per heavy atom. The number of benzene rings is 1. The molecule has 0 amide bonds. The number of carbonyl (C=O) groups is 1. The van der Waals surface area contributed by atoms with Gasteiger partial charge in [-0.1, -0.05) is 0 Å². The Balaban J connectivity index is 1.74. The van der Waals surface area contributed by atoms with Crippen LogP contribution in [0.25, 0.3) is 0 Å². The lowest BCUT2D eigenvalue weighted by molar-refractivity contribution is -0.145. The molecule has 0 spiro atoms. The average Bonchev–Trinajstić information content (AvgIpc) is 3.08. The predicted molar refractivity (Wildman–Crippen MR) is 60.1 cm³/mol. The van der Waals surface area contributed by atoms with Crippen molar-refractivity contribution >= 4 is 5.97 Å². The first-order chi connectivity index (χ1) is 8.20. The average molecular weight is 238 g/mol. The third-order valence-electron chi connectivity index (χ3n) is 2.79. The van der Waals surface area contributed by atoms with Crippen LogP contribution in [-0.2, 0) is 9.53 Å². The minimum atomic E-state index is -0.284. The summed E-state index contributed by atoms with van der Waals surface area (Å²) in [6.07, 6.45) is 0.819. The minimum Gasteiger partial charge on any atom is -0.493 e. The molecule has 1 saturated carbocycles. The second kappa shape index (κ2) is 5.17. The fourth-order valence-corrected chi connectivity index (χ4v) is 1.70. The van der Waals surface area contributed by atoms with Gasteiger partial charge in [0.25, 0.3) is 0 Å². The van der Waals surface area contributed by atoms with Gasteiger partial charge in [0.1, 0.15) is 11.6 Å². The molecule has 0 heterocycles. The topological polar surface area (TPSA) is 35.5 Å². The molecule has 2 rings (SSSR count). The van der Waals surface area contributed by atoms with E-state index < -0.39 is 0 Å². The van der Waals surface area contributed by atoms with Gasteiger partial charge in [0.2, 0.25) is 0 Å². The number of esters is 1. The molecule has 92 valence electrons. The van der Waals surface area contributed by atoms with Crippen LogP contribution in [0.2, 0.25) is 0 Å². The highest BCUT2D eigenvalue weighted by atomic mass is 19.1. The second-order valence-corrected chi connectivity index (χ2v) is 4.12. The molecule has 1 aromatic carbocycles. The third kappa shape index (κ3) is 3.19. The molecule has 1 aromatic rings. The van der Waals surface area contributed by atoms with Crippen LogP contribution in [0.1, 0.15) is 13.3 Å². The van der Waals surface area contributed by atoms with Crippen molar-refractivity contribution < 1.29 is 18.7 Å². The fourth-order valence-electron chi connectivity index (χ4n) is 1.70. The number of hydrogen-bond acceptors (Lipinski definition) is 3. The van der Waals surface area contributed by atoms with E-state index in [1.165, 1.54) is 12.1 Å². The first-order valence-electron chi connectivity index (χ1n) is 5.75. The summed E-state index contributed by atoms with van der Waals surface area (Å²) in [4.78, 5) is 11.3. The summed E-state index contributed by atoms with van der Waals surface area (Å²) in [6, 6.07) is 5.87. The predicted octanol–water partition coefficient (Wildman–Crippen LogP) is 2.40. The van der Waals surface area contributed by atoms with Gasteiger partial charge in [-0.15, -0.1) is 0 Å². The molecule has 1 aliphatic carbocycles. The quantitative estimate of drug-likeness (QED) is 0.739. The van der Waals surface area contributed by atoms with E-state index in [0.717, 1.165) is 6.42 Å². The van der Waals surface area contributed by atoms with Gasteiger partial charge in [0, 0.05) is 5.92 Å². The van der Waals surface area contributed by atoms with Crippen LogP contribution in [0.4, 0.5) is 4.39 Å². The lowest BCUT2D eigenvalue weighted by Gasteiger charge is -2.05. The van der Waals surface area contributed by atoms with Crippen molar-refractivity contribution in [3.8, 4) is 5.75 Å². The van der Waals surface area contributed by atoms with Crippen molar-refractivity contribution in [2.45, 2.75) is 13.3 Å². The molecule has 4 heteroatoms. The molecule has 1 fully saturated rings. The summed E-state index contributed by atoms with van der Waals surface area (Å²) in [6.45, 7) is 2.69. The first kappa shape index (κ1) is 11.9. The Labute approximate surface area is 99.5 Å². The second-order valence-electron chi connectivity index (χ2n) is 4.12. The third-order valence-corrected chi connectivity index (χ3v) is 2.79. The summed E-state index contributed by atoms with van der Waals surface area (Å²) in [5.74, 6) is 0.420. The molecular weight excluding hydrogens is 223 g/mol. The standard InChI is InChI=1S/C13H15FO3/c1-2-16-13(15)12-7-9(12)8-17-11-5-3-10(14)4-6-11/h3-6,9,12H,2,7-8H2,1H3/t9-,12+/m0/s1. The SMILES string of the molecule is CCOC(=O)[C@@H]1C[C@H]1COc1ccc(F)cc1. The van der Waals surface area contributed by atoms with Crippen LogP contribution in [0.5, 0.6) is 5.75 Å². The number of rotatable bonds is 5. The van der Waals surface area contributed by atoms with Crippen molar-refractivity contribution in [2.75, 3.05) is 13.2 Å². The number of hydrogen-bond donors (Lipinski definition) is 0. The van der Waals surface area contributed by atoms with Crippen LogP contribution in [-0.4, -0.2) is 19.2 Å². The molecule has 2 atom stereocenters. The lowest BCUT2D eigenvalue weighted by Crippen LogP contribution is -2.10. The monoisotopic (exact) mass is 238 g/mol. The van der Waals surface area contributed by atoms with E-state index in [4.69, 9.17) is 9.47 Å². The van der Waals surface area contributed by atoms with E-state index in [-0.39, 0.29) is 23.6 Å². The largest absolute Gasteiger partial charge is 0.493 e. The summed E-state index contributed by atoms with van der Waals surface area (Å²) in [5.41, 5.74) is 0. The Morgan fingerprint density at radius 3 is 2.76 bits per heavy atom. The molecule has 0 N–H and O–H groups in total.